The number of para-hydroxylation sites is 1. The summed E-state index contributed by atoms with van der Waals surface area (Å²) in [6.07, 6.45) is 4.14. The number of nitrogens with one attached hydrogen (secondary N) is 2. The highest BCUT2D eigenvalue weighted by molar-refractivity contribution is 5.99. The number of hydrogen-bond acceptors (Lipinski definition) is 6. The molecule has 2 aromatic carbocycles. The van der Waals surface area contributed by atoms with E-state index in [1.54, 1.807) is 26.2 Å². The summed E-state index contributed by atoms with van der Waals surface area (Å²) in [5, 5.41) is 16.3. The molecule has 0 unspecified atom stereocenters. The standard InChI is InChI=1S/C18H21N3O4.2H2/c1-21(2)18(25)11-8-5-9-12(15(11)22)20-14-13(16(23)17(14)24)19-10-6-3-4-7-10;;/h5,8-10,19-20,22H,3-4,6-7H2,1-2H3;2*1H. The van der Waals surface area contributed by atoms with E-state index in [2.05, 4.69) is 10.6 Å². The van der Waals surface area contributed by atoms with Crippen LogP contribution in [0.25, 0.3) is 0 Å². The Bertz CT molecular complexity index is 885. The number of nitrogens with zero attached hydrogens (tertiary/aromatic N) is 1. The van der Waals surface area contributed by atoms with Crippen molar-refractivity contribution in [3.63, 3.8) is 0 Å². The predicted octanol–water partition coefficient (Wildman–Crippen LogP) is 2.28. The molecule has 1 fully saturated rings. The Morgan fingerprint density at radius 3 is 2.44 bits per heavy atom. The van der Waals surface area contributed by atoms with Crippen LogP contribution in [-0.2, 0) is 0 Å². The summed E-state index contributed by atoms with van der Waals surface area (Å²) >= 11 is 0. The molecule has 0 aromatic heterocycles. The number of phenols is 1. The second kappa shape index (κ2) is 6.58. The first-order valence-corrected chi connectivity index (χ1v) is 8.30. The number of phenolic OH excluding ortho intramolecular Hbond substituents is 1. The Morgan fingerprint density at radius 2 is 1.80 bits per heavy atom. The maximum absolute atomic E-state index is 12.1. The first-order valence-electron chi connectivity index (χ1n) is 8.30. The third-order valence-corrected chi connectivity index (χ3v) is 4.55. The highest BCUT2D eigenvalue weighted by Gasteiger charge is 2.26. The molecule has 1 aliphatic rings. The van der Waals surface area contributed by atoms with E-state index >= 15 is 0 Å². The number of rotatable bonds is 5. The van der Waals surface area contributed by atoms with Gasteiger partial charge in [0, 0.05) is 23.0 Å². The fourth-order valence-corrected chi connectivity index (χ4v) is 3.12. The fraction of sp³-hybridized carbons (Fsp3) is 0.389. The lowest BCUT2D eigenvalue weighted by molar-refractivity contribution is 0.0825. The summed E-state index contributed by atoms with van der Waals surface area (Å²) in [5.74, 6) is -0.600. The van der Waals surface area contributed by atoms with Crippen molar-refractivity contribution >= 4 is 23.0 Å². The van der Waals surface area contributed by atoms with Gasteiger partial charge in [-0.3, -0.25) is 14.4 Å². The summed E-state index contributed by atoms with van der Waals surface area (Å²) in [4.78, 5) is 37.2. The van der Waals surface area contributed by atoms with Gasteiger partial charge in [0.15, 0.2) is 5.75 Å². The van der Waals surface area contributed by atoms with Crippen molar-refractivity contribution in [1.29, 1.82) is 0 Å². The molecule has 0 bridgehead atoms. The number of hydrogen-bond donors (Lipinski definition) is 3. The summed E-state index contributed by atoms with van der Waals surface area (Å²) < 4.78 is 0. The number of benzene rings is 1. The number of anilines is 3. The quantitative estimate of drug-likeness (QED) is 0.567. The van der Waals surface area contributed by atoms with Gasteiger partial charge >= 0.3 is 0 Å². The van der Waals surface area contributed by atoms with E-state index in [4.69, 9.17) is 0 Å². The normalized spacial score (nSPS) is 14.6. The highest BCUT2D eigenvalue weighted by atomic mass is 16.3. The van der Waals surface area contributed by atoms with Gasteiger partial charge in [-0.2, -0.15) is 0 Å². The lowest BCUT2D eigenvalue weighted by Gasteiger charge is -2.20. The van der Waals surface area contributed by atoms with Gasteiger partial charge in [0.05, 0.1) is 11.3 Å². The Hall–Kier alpha value is -2.83. The van der Waals surface area contributed by atoms with E-state index in [0.717, 1.165) is 25.7 Å². The fourth-order valence-electron chi connectivity index (χ4n) is 3.12. The van der Waals surface area contributed by atoms with Crippen LogP contribution in [0.15, 0.2) is 27.8 Å². The highest BCUT2D eigenvalue weighted by Crippen LogP contribution is 2.32. The van der Waals surface area contributed by atoms with Crippen LogP contribution in [0.5, 0.6) is 5.75 Å². The summed E-state index contributed by atoms with van der Waals surface area (Å²) in [6, 6.07) is 4.86. The minimum atomic E-state index is -0.621. The third kappa shape index (κ3) is 3.09. The average molecular weight is 347 g/mol. The van der Waals surface area contributed by atoms with Crippen LogP contribution in [0, 0.1) is 0 Å². The minimum absolute atomic E-state index is 0. The molecule has 0 spiro atoms. The van der Waals surface area contributed by atoms with E-state index in [9.17, 15) is 19.5 Å². The second-order valence-corrected chi connectivity index (χ2v) is 6.56. The van der Waals surface area contributed by atoms with Gasteiger partial charge in [-0.15, -0.1) is 0 Å². The zero-order chi connectivity index (χ0) is 18.1. The Balaban J connectivity index is 0.00000182. The van der Waals surface area contributed by atoms with E-state index < -0.39 is 10.9 Å². The Kier molecular flexibility index (Phi) is 4.48. The molecule has 0 radical (unpaired) electrons. The molecule has 136 valence electrons. The predicted molar refractivity (Wildman–Crippen MR) is 101 cm³/mol. The van der Waals surface area contributed by atoms with Crippen molar-refractivity contribution < 1.29 is 12.8 Å². The van der Waals surface area contributed by atoms with Crippen molar-refractivity contribution in [3.05, 3.63) is 44.2 Å². The summed E-state index contributed by atoms with van der Waals surface area (Å²) in [7, 11) is 3.17. The molecule has 0 saturated heterocycles. The molecule has 2 aromatic rings. The first kappa shape index (κ1) is 17.0. The van der Waals surface area contributed by atoms with E-state index in [-0.39, 0.29) is 43.2 Å². The molecule has 3 N–H and O–H groups in total. The smallest absolute Gasteiger partial charge is 0.257 e. The van der Waals surface area contributed by atoms with Gasteiger partial charge in [-0.1, -0.05) is 18.9 Å². The second-order valence-electron chi connectivity index (χ2n) is 6.56. The zero-order valence-electron chi connectivity index (χ0n) is 14.3. The Labute approximate surface area is 147 Å². The van der Waals surface area contributed by atoms with Gasteiger partial charge in [0.1, 0.15) is 11.4 Å². The molecule has 1 amide bonds. The molecule has 0 atom stereocenters. The van der Waals surface area contributed by atoms with E-state index in [0.29, 0.717) is 0 Å². The monoisotopic (exact) mass is 347 g/mol. The van der Waals surface area contributed by atoms with Crippen molar-refractivity contribution in [3.8, 4) is 5.75 Å². The van der Waals surface area contributed by atoms with Gasteiger partial charge in [-0.25, -0.2) is 0 Å². The van der Waals surface area contributed by atoms with Gasteiger partial charge < -0.3 is 20.6 Å². The number of aromatic hydroxyl groups is 1. The summed E-state index contributed by atoms with van der Waals surface area (Å²) in [5.41, 5.74) is -0.422. The van der Waals surface area contributed by atoms with Crippen molar-refractivity contribution in [2.24, 2.45) is 0 Å². The van der Waals surface area contributed by atoms with Crippen LogP contribution in [0.3, 0.4) is 0 Å². The van der Waals surface area contributed by atoms with Gasteiger partial charge in [0.2, 0.25) is 0 Å². The Morgan fingerprint density at radius 1 is 1.16 bits per heavy atom. The van der Waals surface area contributed by atoms with Crippen LogP contribution in [-0.4, -0.2) is 36.1 Å². The van der Waals surface area contributed by atoms with Gasteiger partial charge in [-0.05, 0) is 25.0 Å². The third-order valence-electron chi connectivity index (χ3n) is 4.55. The van der Waals surface area contributed by atoms with Crippen molar-refractivity contribution in [2.75, 3.05) is 24.7 Å². The van der Waals surface area contributed by atoms with Gasteiger partial charge in [0.25, 0.3) is 16.8 Å². The van der Waals surface area contributed by atoms with E-state index in [1.807, 2.05) is 0 Å². The van der Waals surface area contributed by atoms with Crippen LogP contribution in [0.4, 0.5) is 17.1 Å². The molecule has 0 aliphatic heterocycles. The SMILES string of the molecule is CN(C)C(=O)c1cccc(Nc2c(NC3CCCC3)c(=O)c2=O)c1O.[HH].[HH]. The first-order chi connectivity index (χ1) is 11.9. The molecule has 7 nitrogen and oxygen atoms in total. The van der Waals surface area contributed by atoms with E-state index in [1.165, 1.54) is 11.0 Å². The number of carbonyl (C=O) groups is 1. The summed E-state index contributed by atoms with van der Waals surface area (Å²) in [6.45, 7) is 0. The molecular weight excluding hydrogens is 322 g/mol. The molecule has 3 rings (SSSR count). The maximum atomic E-state index is 12.1. The maximum Gasteiger partial charge on any atom is 0.257 e. The minimum Gasteiger partial charge on any atom is -0.505 e. The topological polar surface area (TPSA) is 98.7 Å². The van der Waals surface area contributed by atoms with Crippen molar-refractivity contribution in [1.82, 2.24) is 4.90 Å². The largest absolute Gasteiger partial charge is 0.505 e. The molecule has 7 heteroatoms. The molecular formula is C18H25N3O4. The van der Waals surface area contributed by atoms with Crippen molar-refractivity contribution in [2.45, 2.75) is 31.7 Å². The van der Waals surface area contributed by atoms with Crippen LogP contribution < -0.4 is 21.5 Å². The molecule has 25 heavy (non-hydrogen) atoms. The van der Waals surface area contributed by atoms with Crippen LogP contribution in [0.2, 0.25) is 0 Å². The lowest BCUT2D eigenvalue weighted by atomic mass is 10.1. The molecule has 1 saturated carbocycles. The zero-order valence-corrected chi connectivity index (χ0v) is 14.3. The van der Waals surface area contributed by atoms with Crippen LogP contribution in [0.1, 0.15) is 38.9 Å². The van der Waals surface area contributed by atoms with Crippen LogP contribution >= 0.6 is 0 Å². The lowest BCUT2D eigenvalue weighted by Crippen LogP contribution is -2.38. The number of amides is 1. The molecule has 0 heterocycles. The molecule has 1 aliphatic carbocycles. The average Bonchev–Trinajstić information content (AvgIpc) is 3.11. The number of carbonyl (C=O) groups excluding carboxylic acids is 1.